The Morgan fingerprint density at radius 3 is 0.810 bits per heavy atom. The third-order valence-electron chi connectivity index (χ3n) is 2.43. The summed E-state index contributed by atoms with van der Waals surface area (Å²) in [7, 11) is 0. The van der Waals surface area contributed by atoms with Gasteiger partial charge in [0.25, 0.3) is 0 Å². The van der Waals surface area contributed by atoms with E-state index in [1.165, 1.54) is 20.9 Å². The van der Waals surface area contributed by atoms with E-state index in [0.717, 1.165) is 18.2 Å². The van der Waals surface area contributed by atoms with E-state index < -0.39 is 0 Å². The number of carbonyl (C=O) groups excluding carboxylic acids is 3. The Balaban J connectivity index is 0.000000378. The van der Waals surface area contributed by atoms with Crippen molar-refractivity contribution in [3.05, 3.63) is 69.4 Å². The van der Waals surface area contributed by atoms with Gasteiger partial charge in [-0.1, -0.05) is 48.5 Å². The fourth-order valence-corrected chi connectivity index (χ4v) is 1.84. The van der Waals surface area contributed by atoms with Gasteiger partial charge in [0.1, 0.15) is 0 Å². The molecule has 3 N–H and O–H groups in total. The number of isocyanates is 3. The zero-order chi connectivity index (χ0) is 16.1. The highest BCUT2D eigenvalue weighted by molar-refractivity contribution is 5.28. The lowest BCUT2D eigenvalue weighted by atomic mass is 10.0. The monoisotopic (exact) mass is 281 g/mol. The van der Waals surface area contributed by atoms with E-state index in [9.17, 15) is 0 Å². The quantitative estimate of drug-likeness (QED) is 0.432. The molecule has 0 amide bonds. The average molecular weight is 281 g/mol. The molecule has 0 fully saturated rings. The Kier molecular flexibility index (Phi) is 8.79. The molecule has 2 aromatic carbocycles. The fraction of sp³-hybridized carbons (Fsp3) is 0. The van der Waals surface area contributed by atoms with Crippen LogP contribution in [0.4, 0.5) is 0 Å². The van der Waals surface area contributed by atoms with Crippen LogP contribution in [0.2, 0.25) is 0 Å². The summed E-state index contributed by atoms with van der Waals surface area (Å²) in [4.78, 5) is 25.0. The predicted molar refractivity (Wildman–Crippen MR) is 73.5 cm³/mol. The molecule has 0 saturated carbocycles. The van der Waals surface area contributed by atoms with Gasteiger partial charge in [-0.05, 0) is 20.9 Å². The maximum Gasteiger partial charge on any atom is 0.231 e. The smallest absolute Gasteiger partial charge is 0.222 e. The van der Waals surface area contributed by atoms with Crippen molar-refractivity contribution in [2.45, 2.75) is 0 Å². The second-order valence-corrected chi connectivity index (χ2v) is 3.40. The molecule has 0 bridgehead atoms. The lowest BCUT2D eigenvalue weighted by molar-refractivity contribution is 0.562. The minimum Gasteiger partial charge on any atom is -0.222 e. The van der Waals surface area contributed by atoms with Crippen molar-refractivity contribution >= 4 is 18.2 Å². The molecule has 0 heterocycles. The van der Waals surface area contributed by atoms with Crippen LogP contribution in [-0.2, 0) is 14.4 Å². The van der Waals surface area contributed by atoms with E-state index in [1.807, 2.05) is 0 Å². The van der Waals surface area contributed by atoms with Crippen LogP contribution in [0.1, 0.15) is 0 Å². The van der Waals surface area contributed by atoms with Crippen LogP contribution in [0.3, 0.4) is 0 Å². The highest BCUT2D eigenvalue weighted by atomic mass is 16.1. The first kappa shape index (κ1) is 17.6. The topological polar surface area (TPSA) is 123 Å². The van der Waals surface area contributed by atoms with E-state index in [2.05, 4.69) is 48.5 Å². The number of rotatable bonds is 0. The molecule has 3 rings (SSSR count). The summed E-state index contributed by atoms with van der Waals surface area (Å²) >= 11 is 0. The highest BCUT2D eigenvalue weighted by Gasteiger charge is 1.97. The lowest BCUT2D eigenvalue weighted by Crippen LogP contribution is -1.88. The summed E-state index contributed by atoms with van der Waals surface area (Å²) in [5.41, 5.74) is 0. The summed E-state index contributed by atoms with van der Waals surface area (Å²) in [6.45, 7) is 0. The van der Waals surface area contributed by atoms with Crippen LogP contribution in [-0.4, -0.2) is 18.2 Å². The van der Waals surface area contributed by atoms with Crippen LogP contribution in [0.25, 0.3) is 0 Å². The summed E-state index contributed by atoms with van der Waals surface area (Å²) in [5, 5.41) is 21.8. The molecule has 6 nitrogen and oxygen atoms in total. The molecular weight excluding hydrogens is 270 g/mol. The number of nitrogens with one attached hydrogen (secondary N) is 3. The zero-order valence-electron chi connectivity index (χ0n) is 10.8. The predicted octanol–water partition coefficient (Wildman–Crippen LogP) is 2.28. The van der Waals surface area contributed by atoms with E-state index >= 15 is 0 Å². The first-order valence-corrected chi connectivity index (χ1v) is 5.52. The largest absolute Gasteiger partial charge is 0.231 e. The van der Waals surface area contributed by atoms with Crippen molar-refractivity contribution in [2.75, 3.05) is 0 Å². The van der Waals surface area contributed by atoms with Gasteiger partial charge in [-0.2, -0.15) is 0 Å². The molecule has 0 aliphatic heterocycles. The third kappa shape index (κ3) is 4.99. The van der Waals surface area contributed by atoms with E-state index in [0.29, 0.717) is 0 Å². The van der Waals surface area contributed by atoms with Crippen LogP contribution >= 0.6 is 0 Å². The van der Waals surface area contributed by atoms with Crippen LogP contribution in [0.5, 0.6) is 0 Å². The number of benzene rings is 2. The lowest BCUT2D eigenvalue weighted by Gasteiger charge is -2.02. The Bertz CT molecular complexity index is 710. The van der Waals surface area contributed by atoms with Crippen molar-refractivity contribution in [2.24, 2.45) is 0 Å². The van der Waals surface area contributed by atoms with Crippen molar-refractivity contribution in [3.63, 3.8) is 0 Å². The summed E-state index contributed by atoms with van der Waals surface area (Å²) in [5.74, 6) is 0. The summed E-state index contributed by atoms with van der Waals surface area (Å²) in [6.07, 6.45) is 2.25. The van der Waals surface area contributed by atoms with Gasteiger partial charge >= 0.3 is 0 Å². The van der Waals surface area contributed by atoms with Gasteiger partial charge in [-0.25, -0.2) is 30.6 Å². The molecule has 0 radical (unpaired) electrons. The van der Waals surface area contributed by atoms with Gasteiger partial charge in [0.05, 0.1) is 0 Å². The minimum atomic E-state index is 0.750. The molecule has 1 aliphatic carbocycles. The first-order valence-electron chi connectivity index (χ1n) is 5.52. The molecule has 2 aromatic rings. The maximum absolute atomic E-state index is 8.35. The molecule has 0 spiro atoms. The first-order chi connectivity index (χ1) is 10.2. The Hall–Kier alpha value is -3.42. The Labute approximate surface area is 119 Å². The average Bonchev–Trinajstić information content (AvgIpc) is 2.47. The molecule has 6 heteroatoms. The van der Waals surface area contributed by atoms with Crippen LogP contribution in [0, 0.1) is 37.1 Å². The van der Waals surface area contributed by atoms with Gasteiger partial charge in [0, 0.05) is 0 Å². The molecule has 0 unspecified atom stereocenters. The van der Waals surface area contributed by atoms with Crippen LogP contribution in [0.15, 0.2) is 48.5 Å². The second-order valence-electron chi connectivity index (χ2n) is 3.40. The van der Waals surface area contributed by atoms with Crippen LogP contribution < -0.4 is 0 Å². The van der Waals surface area contributed by atoms with Gasteiger partial charge in [0.2, 0.25) is 18.2 Å². The maximum atomic E-state index is 8.35. The number of hydrogen-bond acceptors (Lipinski definition) is 6. The van der Waals surface area contributed by atoms with Crippen molar-refractivity contribution in [1.29, 1.82) is 16.2 Å². The van der Waals surface area contributed by atoms with E-state index in [1.54, 1.807) is 0 Å². The van der Waals surface area contributed by atoms with E-state index in [4.69, 9.17) is 30.6 Å². The van der Waals surface area contributed by atoms with Gasteiger partial charge < -0.3 is 0 Å². The molecular formula is C15H11N3O3. The summed E-state index contributed by atoms with van der Waals surface area (Å²) in [6, 6.07) is 17.1. The third-order valence-corrected chi connectivity index (χ3v) is 2.43. The zero-order valence-corrected chi connectivity index (χ0v) is 10.8. The van der Waals surface area contributed by atoms with Gasteiger partial charge in [-0.15, -0.1) is 0 Å². The SMILES string of the molecule is N=C=O.N=C=O.N=C=O.c1ccc2c(c1)=c1ccccc1=2. The normalized spacial score (nSPS) is 7.62. The van der Waals surface area contributed by atoms with Crippen molar-refractivity contribution in [1.82, 2.24) is 0 Å². The molecule has 21 heavy (non-hydrogen) atoms. The Morgan fingerprint density at radius 2 is 0.667 bits per heavy atom. The van der Waals surface area contributed by atoms with Crippen molar-refractivity contribution < 1.29 is 14.4 Å². The molecule has 104 valence electrons. The Morgan fingerprint density at radius 1 is 0.524 bits per heavy atom. The molecule has 1 aliphatic rings. The molecule has 0 aromatic heterocycles. The summed E-state index contributed by atoms with van der Waals surface area (Å²) < 4.78 is 0. The minimum absolute atomic E-state index is 0.750. The van der Waals surface area contributed by atoms with Gasteiger partial charge in [-0.3, -0.25) is 0 Å². The van der Waals surface area contributed by atoms with Crippen molar-refractivity contribution in [3.8, 4) is 0 Å². The standard InChI is InChI=1S/C12H8.3CHNO/c1-2-6-10-9(5-1)11-7-3-4-8-12(10)11;3*2-1-3/h1-8H;3*2H. The second kappa shape index (κ2) is 10.5. The highest BCUT2D eigenvalue weighted by Crippen LogP contribution is 2.11. The number of fused-ring (bicyclic) bond motifs is 2. The molecule has 0 atom stereocenters. The van der Waals surface area contributed by atoms with Gasteiger partial charge in [0.15, 0.2) is 0 Å². The number of hydrogen-bond donors (Lipinski definition) is 3. The molecule has 0 saturated heterocycles. The van der Waals surface area contributed by atoms with E-state index in [-0.39, 0.29) is 0 Å². The fourth-order valence-electron chi connectivity index (χ4n) is 1.84.